The molecule has 0 radical (unpaired) electrons. The summed E-state index contributed by atoms with van der Waals surface area (Å²) < 4.78 is 1.02. The van der Waals surface area contributed by atoms with Crippen LogP contribution in [0.15, 0.2) is 53.7 Å². The average molecular weight is 414 g/mol. The van der Waals surface area contributed by atoms with Gasteiger partial charge in [-0.05, 0) is 35.4 Å². The van der Waals surface area contributed by atoms with Gasteiger partial charge in [-0.1, -0.05) is 18.2 Å². The van der Waals surface area contributed by atoms with Crippen molar-refractivity contribution in [3.8, 4) is 0 Å². The Kier molecular flexibility index (Phi) is 4.68. The molecule has 1 amide bonds. The van der Waals surface area contributed by atoms with Crippen LogP contribution in [0.3, 0.4) is 0 Å². The fourth-order valence-electron chi connectivity index (χ4n) is 3.43. The number of hydrogen-bond donors (Lipinski definition) is 2. The summed E-state index contributed by atoms with van der Waals surface area (Å²) >= 11 is 1.59. The molecule has 3 aromatic heterocycles. The SMILES string of the molecule is Nc1nc2cc(C3=CC=NC3)ccc2c2sc(CCNC(=O)c3ccccn3)nc12. The number of carbonyl (C=O) groups excluding carboxylic acids is 1. The lowest BCUT2D eigenvalue weighted by atomic mass is 10.0. The number of carbonyl (C=O) groups is 1. The van der Waals surface area contributed by atoms with E-state index in [-0.39, 0.29) is 5.91 Å². The molecule has 30 heavy (non-hydrogen) atoms. The molecule has 0 atom stereocenters. The fraction of sp³-hybridized carbons (Fsp3) is 0.136. The number of nitrogens with one attached hydrogen (secondary N) is 1. The van der Waals surface area contributed by atoms with Crippen LogP contribution < -0.4 is 11.1 Å². The van der Waals surface area contributed by atoms with Crippen molar-refractivity contribution < 1.29 is 4.79 Å². The molecule has 0 aliphatic carbocycles. The summed E-state index contributed by atoms with van der Waals surface area (Å²) in [6.07, 6.45) is 6.06. The van der Waals surface area contributed by atoms with Gasteiger partial charge in [-0.15, -0.1) is 11.3 Å². The van der Waals surface area contributed by atoms with E-state index in [0.717, 1.165) is 31.7 Å². The number of nitrogen functional groups attached to an aromatic ring is 1. The molecule has 1 aliphatic heterocycles. The molecule has 0 spiro atoms. The van der Waals surface area contributed by atoms with E-state index in [4.69, 9.17) is 5.73 Å². The van der Waals surface area contributed by atoms with Gasteiger partial charge in [-0.25, -0.2) is 9.97 Å². The van der Waals surface area contributed by atoms with Crippen molar-refractivity contribution in [3.05, 3.63) is 64.9 Å². The van der Waals surface area contributed by atoms with Crippen molar-refractivity contribution in [3.63, 3.8) is 0 Å². The highest BCUT2D eigenvalue weighted by Gasteiger charge is 2.14. The van der Waals surface area contributed by atoms with Crippen LogP contribution in [0.4, 0.5) is 5.82 Å². The van der Waals surface area contributed by atoms with E-state index in [9.17, 15) is 4.79 Å². The number of rotatable bonds is 5. The summed E-state index contributed by atoms with van der Waals surface area (Å²) in [5, 5.41) is 4.82. The quantitative estimate of drug-likeness (QED) is 0.521. The summed E-state index contributed by atoms with van der Waals surface area (Å²) in [7, 11) is 0. The number of pyridine rings is 2. The smallest absolute Gasteiger partial charge is 0.269 e. The largest absolute Gasteiger partial charge is 0.382 e. The van der Waals surface area contributed by atoms with E-state index in [1.54, 1.807) is 35.7 Å². The predicted octanol–water partition coefficient (Wildman–Crippen LogP) is 3.26. The van der Waals surface area contributed by atoms with Crippen LogP contribution in [0.2, 0.25) is 0 Å². The minimum absolute atomic E-state index is 0.193. The van der Waals surface area contributed by atoms with Crippen molar-refractivity contribution >= 4 is 56.0 Å². The maximum absolute atomic E-state index is 12.1. The maximum Gasteiger partial charge on any atom is 0.269 e. The summed E-state index contributed by atoms with van der Waals surface area (Å²) in [6.45, 7) is 1.16. The molecule has 0 fully saturated rings. The Morgan fingerprint density at radius 3 is 2.93 bits per heavy atom. The van der Waals surface area contributed by atoms with E-state index in [1.807, 2.05) is 12.3 Å². The van der Waals surface area contributed by atoms with E-state index in [1.165, 1.54) is 5.57 Å². The van der Waals surface area contributed by atoms with Crippen LogP contribution in [-0.2, 0) is 6.42 Å². The van der Waals surface area contributed by atoms with Gasteiger partial charge in [0.05, 0.1) is 21.8 Å². The van der Waals surface area contributed by atoms with Gasteiger partial charge in [0.15, 0.2) is 5.82 Å². The average Bonchev–Trinajstić information content (AvgIpc) is 3.45. The van der Waals surface area contributed by atoms with Crippen molar-refractivity contribution in [1.82, 2.24) is 20.3 Å². The van der Waals surface area contributed by atoms with Crippen LogP contribution >= 0.6 is 11.3 Å². The number of thiazole rings is 1. The zero-order chi connectivity index (χ0) is 20.5. The lowest BCUT2D eigenvalue weighted by Gasteiger charge is -2.05. The molecule has 1 aromatic carbocycles. The molecule has 8 heteroatoms. The van der Waals surface area contributed by atoms with Crippen LogP contribution in [0, 0.1) is 0 Å². The Morgan fingerprint density at radius 2 is 2.13 bits per heavy atom. The topological polar surface area (TPSA) is 106 Å². The van der Waals surface area contributed by atoms with Gasteiger partial charge in [0, 0.05) is 30.8 Å². The fourth-order valence-corrected chi connectivity index (χ4v) is 4.54. The molecule has 3 N–H and O–H groups in total. The summed E-state index contributed by atoms with van der Waals surface area (Å²) in [5.41, 5.74) is 10.5. The second kappa shape index (κ2) is 7.64. The maximum atomic E-state index is 12.1. The summed E-state index contributed by atoms with van der Waals surface area (Å²) in [4.78, 5) is 29.7. The Hall–Kier alpha value is -3.65. The lowest BCUT2D eigenvalue weighted by molar-refractivity contribution is 0.0949. The van der Waals surface area contributed by atoms with Gasteiger partial charge < -0.3 is 11.1 Å². The van der Waals surface area contributed by atoms with Gasteiger partial charge in [0.2, 0.25) is 0 Å². The van der Waals surface area contributed by atoms with E-state index >= 15 is 0 Å². The molecule has 0 saturated heterocycles. The van der Waals surface area contributed by atoms with Crippen molar-refractivity contribution in [2.45, 2.75) is 6.42 Å². The van der Waals surface area contributed by atoms with Gasteiger partial charge in [-0.2, -0.15) is 0 Å². The number of nitrogens with zero attached hydrogens (tertiary/aromatic N) is 4. The molecule has 7 nitrogen and oxygen atoms in total. The number of anilines is 1. The molecule has 0 bridgehead atoms. The standard InChI is InChI=1S/C22H18N6OS/c23-21-19-20(15-5-4-13(11-17(15)27-21)14-6-9-24-12-14)30-18(28-19)7-10-26-22(29)16-3-1-2-8-25-16/h1-6,8-9,11H,7,10,12H2,(H2,23,27)(H,26,29). The van der Waals surface area contributed by atoms with Crippen LogP contribution in [0.1, 0.15) is 21.1 Å². The second-order valence-electron chi connectivity index (χ2n) is 6.92. The number of fused-ring (bicyclic) bond motifs is 3. The number of allylic oxidation sites excluding steroid dienone is 1. The van der Waals surface area contributed by atoms with E-state index in [2.05, 4.69) is 43.5 Å². The highest BCUT2D eigenvalue weighted by atomic mass is 32.1. The van der Waals surface area contributed by atoms with Gasteiger partial charge >= 0.3 is 0 Å². The zero-order valence-corrected chi connectivity index (χ0v) is 16.8. The van der Waals surface area contributed by atoms with Crippen molar-refractivity contribution in [2.75, 3.05) is 18.8 Å². The number of hydrogen-bond acceptors (Lipinski definition) is 7. The van der Waals surface area contributed by atoms with Gasteiger partial charge in [-0.3, -0.25) is 14.8 Å². The normalized spacial score (nSPS) is 13.1. The minimum Gasteiger partial charge on any atom is -0.382 e. The first-order chi connectivity index (χ1) is 14.7. The number of amides is 1. The third-order valence-corrected chi connectivity index (χ3v) is 6.08. The lowest BCUT2D eigenvalue weighted by Crippen LogP contribution is -2.26. The minimum atomic E-state index is -0.193. The molecule has 0 unspecified atom stereocenters. The molecule has 4 aromatic rings. The summed E-state index contributed by atoms with van der Waals surface area (Å²) in [6, 6.07) is 11.5. The summed E-state index contributed by atoms with van der Waals surface area (Å²) in [5.74, 6) is 0.229. The number of nitrogens with two attached hydrogens (primary N) is 1. The first-order valence-electron chi connectivity index (χ1n) is 9.56. The van der Waals surface area contributed by atoms with Crippen molar-refractivity contribution in [2.24, 2.45) is 4.99 Å². The van der Waals surface area contributed by atoms with Crippen LogP contribution in [0.5, 0.6) is 0 Å². The predicted molar refractivity (Wildman–Crippen MR) is 121 cm³/mol. The number of aromatic nitrogens is 3. The Labute approximate surface area is 176 Å². The van der Waals surface area contributed by atoms with E-state index < -0.39 is 0 Å². The van der Waals surface area contributed by atoms with Gasteiger partial charge in [0.25, 0.3) is 5.91 Å². The molecule has 148 valence electrons. The molecule has 5 rings (SSSR count). The highest BCUT2D eigenvalue weighted by molar-refractivity contribution is 7.19. The second-order valence-corrected chi connectivity index (χ2v) is 8.00. The first-order valence-corrected chi connectivity index (χ1v) is 10.4. The van der Waals surface area contributed by atoms with Crippen LogP contribution in [-0.4, -0.2) is 40.2 Å². The first kappa shape index (κ1) is 18.4. The molecule has 4 heterocycles. The van der Waals surface area contributed by atoms with Gasteiger partial charge in [0.1, 0.15) is 11.2 Å². The molecular weight excluding hydrogens is 396 g/mol. The third-order valence-electron chi connectivity index (χ3n) is 4.93. The van der Waals surface area contributed by atoms with Crippen LogP contribution in [0.25, 0.3) is 26.7 Å². The molecular formula is C22H18N6OS. The van der Waals surface area contributed by atoms with Crippen molar-refractivity contribution in [1.29, 1.82) is 0 Å². The Bertz CT molecular complexity index is 1330. The zero-order valence-electron chi connectivity index (χ0n) is 16.0. The van der Waals surface area contributed by atoms with E-state index in [0.29, 0.717) is 31.0 Å². The highest BCUT2D eigenvalue weighted by Crippen LogP contribution is 2.34. The molecule has 1 aliphatic rings. The Morgan fingerprint density at radius 1 is 1.20 bits per heavy atom. The number of benzene rings is 1. The Balaban J connectivity index is 1.38. The number of aliphatic imine (C=N–C) groups is 1. The molecule has 0 saturated carbocycles. The third kappa shape index (κ3) is 3.42. The monoisotopic (exact) mass is 414 g/mol.